The molecule has 20 heavy (non-hydrogen) atoms. The molecular formula is C16H30N2O2. The molecule has 4 heteroatoms. The maximum absolute atomic E-state index is 12.0. The van der Waals surface area contributed by atoms with Gasteiger partial charge in [0.25, 0.3) is 0 Å². The molecule has 2 rings (SSSR count). The highest BCUT2D eigenvalue weighted by molar-refractivity contribution is 5.80. The second kappa shape index (κ2) is 6.02. The first-order valence-electron chi connectivity index (χ1n) is 8.10. The first-order chi connectivity index (χ1) is 9.35. The second-order valence-corrected chi connectivity index (χ2v) is 7.40. The SMILES string of the molecule is CC(C)CN(CC(NC(C)C)(C(=O)O)C1CC1)C1CC1. The van der Waals surface area contributed by atoms with Crippen LogP contribution in [0.3, 0.4) is 0 Å². The van der Waals surface area contributed by atoms with Gasteiger partial charge in [-0.25, -0.2) is 0 Å². The third-order valence-electron chi connectivity index (χ3n) is 4.32. The Kier molecular flexibility index (Phi) is 4.75. The number of carbonyl (C=O) groups is 1. The fourth-order valence-corrected chi connectivity index (χ4v) is 3.26. The van der Waals surface area contributed by atoms with Gasteiger partial charge in [0.1, 0.15) is 5.54 Å². The van der Waals surface area contributed by atoms with E-state index < -0.39 is 11.5 Å². The van der Waals surface area contributed by atoms with E-state index in [9.17, 15) is 9.90 Å². The summed E-state index contributed by atoms with van der Waals surface area (Å²) in [5, 5.41) is 13.3. The lowest BCUT2D eigenvalue weighted by Gasteiger charge is -2.38. The van der Waals surface area contributed by atoms with Crippen LogP contribution in [0.1, 0.15) is 53.4 Å². The van der Waals surface area contributed by atoms with Crippen molar-refractivity contribution in [1.29, 1.82) is 0 Å². The minimum Gasteiger partial charge on any atom is -0.480 e. The zero-order valence-corrected chi connectivity index (χ0v) is 13.4. The predicted molar refractivity (Wildman–Crippen MR) is 80.8 cm³/mol. The minimum absolute atomic E-state index is 0.201. The van der Waals surface area contributed by atoms with Gasteiger partial charge in [-0.2, -0.15) is 0 Å². The van der Waals surface area contributed by atoms with E-state index in [0.29, 0.717) is 24.4 Å². The highest BCUT2D eigenvalue weighted by Gasteiger charge is 2.53. The molecular weight excluding hydrogens is 252 g/mol. The summed E-state index contributed by atoms with van der Waals surface area (Å²) < 4.78 is 0. The Balaban J connectivity index is 2.14. The lowest BCUT2D eigenvalue weighted by Crippen LogP contribution is -2.63. The molecule has 0 amide bonds. The fourth-order valence-electron chi connectivity index (χ4n) is 3.26. The molecule has 0 bridgehead atoms. The summed E-state index contributed by atoms with van der Waals surface area (Å²) in [5.74, 6) is 0.222. The molecule has 1 unspecified atom stereocenters. The van der Waals surface area contributed by atoms with E-state index in [1.807, 2.05) is 13.8 Å². The van der Waals surface area contributed by atoms with Crippen molar-refractivity contribution in [2.75, 3.05) is 13.1 Å². The summed E-state index contributed by atoms with van der Waals surface area (Å²) in [6.45, 7) is 10.2. The molecule has 116 valence electrons. The number of aliphatic carboxylic acids is 1. The average Bonchev–Trinajstić information content (AvgIpc) is 3.14. The van der Waals surface area contributed by atoms with Gasteiger partial charge in [0.05, 0.1) is 0 Å². The van der Waals surface area contributed by atoms with Gasteiger partial charge >= 0.3 is 5.97 Å². The Bertz CT molecular complexity index is 348. The van der Waals surface area contributed by atoms with Crippen LogP contribution in [0.4, 0.5) is 0 Å². The van der Waals surface area contributed by atoms with Crippen molar-refractivity contribution in [3.8, 4) is 0 Å². The van der Waals surface area contributed by atoms with Crippen LogP contribution in [-0.2, 0) is 4.79 Å². The van der Waals surface area contributed by atoms with Gasteiger partial charge in [0, 0.05) is 25.2 Å². The fraction of sp³-hybridized carbons (Fsp3) is 0.938. The van der Waals surface area contributed by atoms with E-state index in [-0.39, 0.29) is 6.04 Å². The average molecular weight is 282 g/mol. The highest BCUT2D eigenvalue weighted by atomic mass is 16.4. The molecule has 2 aliphatic carbocycles. The van der Waals surface area contributed by atoms with Crippen LogP contribution in [0.2, 0.25) is 0 Å². The molecule has 2 saturated carbocycles. The maximum Gasteiger partial charge on any atom is 0.325 e. The third kappa shape index (κ3) is 3.73. The zero-order valence-electron chi connectivity index (χ0n) is 13.4. The number of nitrogens with one attached hydrogen (secondary N) is 1. The number of nitrogens with zero attached hydrogens (tertiary/aromatic N) is 1. The molecule has 0 aromatic carbocycles. The van der Waals surface area contributed by atoms with Gasteiger partial charge in [-0.1, -0.05) is 13.8 Å². The van der Waals surface area contributed by atoms with Crippen LogP contribution in [0.25, 0.3) is 0 Å². The van der Waals surface area contributed by atoms with Crippen molar-refractivity contribution in [1.82, 2.24) is 10.2 Å². The highest BCUT2D eigenvalue weighted by Crippen LogP contribution is 2.42. The quantitative estimate of drug-likeness (QED) is 0.681. The molecule has 0 aromatic heterocycles. The summed E-state index contributed by atoms with van der Waals surface area (Å²) in [4.78, 5) is 14.4. The Morgan fingerprint density at radius 3 is 2.20 bits per heavy atom. The van der Waals surface area contributed by atoms with Crippen molar-refractivity contribution < 1.29 is 9.90 Å². The van der Waals surface area contributed by atoms with Crippen molar-refractivity contribution in [2.24, 2.45) is 11.8 Å². The molecule has 0 saturated heterocycles. The molecule has 0 aromatic rings. The largest absolute Gasteiger partial charge is 0.480 e. The van der Waals surface area contributed by atoms with Crippen molar-refractivity contribution in [2.45, 2.75) is 71.0 Å². The van der Waals surface area contributed by atoms with Gasteiger partial charge in [-0.05, 0) is 51.4 Å². The number of carboxylic acids is 1. The van der Waals surface area contributed by atoms with Gasteiger partial charge in [-0.15, -0.1) is 0 Å². The van der Waals surface area contributed by atoms with E-state index >= 15 is 0 Å². The smallest absolute Gasteiger partial charge is 0.325 e. The van der Waals surface area contributed by atoms with E-state index in [1.54, 1.807) is 0 Å². The van der Waals surface area contributed by atoms with Crippen LogP contribution in [-0.4, -0.2) is 46.7 Å². The van der Waals surface area contributed by atoms with Crippen LogP contribution in [0.15, 0.2) is 0 Å². The topological polar surface area (TPSA) is 52.6 Å². The monoisotopic (exact) mass is 282 g/mol. The van der Waals surface area contributed by atoms with E-state index in [2.05, 4.69) is 24.1 Å². The molecule has 2 fully saturated rings. The molecule has 4 nitrogen and oxygen atoms in total. The first-order valence-corrected chi connectivity index (χ1v) is 8.10. The van der Waals surface area contributed by atoms with Crippen LogP contribution < -0.4 is 5.32 Å². The number of hydrogen-bond acceptors (Lipinski definition) is 3. The van der Waals surface area contributed by atoms with Crippen LogP contribution >= 0.6 is 0 Å². The molecule has 2 aliphatic rings. The normalized spacial score (nSPS) is 22.6. The lowest BCUT2D eigenvalue weighted by atomic mass is 9.90. The summed E-state index contributed by atoms with van der Waals surface area (Å²) in [5.41, 5.74) is -0.744. The second-order valence-electron chi connectivity index (χ2n) is 7.40. The Morgan fingerprint density at radius 2 is 1.85 bits per heavy atom. The molecule has 1 atom stereocenters. The molecule has 0 heterocycles. The molecule has 0 spiro atoms. The van der Waals surface area contributed by atoms with Crippen LogP contribution in [0, 0.1) is 11.8 Å². The van der Waals surface area contributed by atoms with Crippen molar-refractivity contribution in [3.05, 3.63) is 0 Å². The number of rotatable bonds is 9. The Morgan fingerprint density at radius 1 is 1.25 bits per heavy atom. The van der Waals surface area contributed by atoms with E-state index in [4.69, 9.17) is 0 Å². The lowest BCUT2D eigenvalue weighted by molar-refractivity contribution is -0.147. The van der Waals surface area contributed by atoms with Crippen molar-refractivity contribution >= 4 is 5.97 Å². The third-order valence-corrected chi connectivity index (χ3v) is 4.32. The number of carboxylic acid groups (broad SMARTS) is 1. The van der Waals surface area contributed by atoms with Gasteiger partial charge in [0.15, 0.2) is 0 Å². The van der Waals surface area contributed by atoms with E-state index in [0.717, 1.165) is 19.4 Å². The summed E-state index contributed by atoms with van der Waals surface area (Å²) >= 11 is 0. The van der Waals surface area contributed by atoms with Crippen molar-refractivity contribution in [3.63, 3.8) is 0 Å². The van der Waals surface area contributed by atoms with Gasteiger partial charge in [-0.3, -0.25) is 15.0 Å². The molecule has 0 aliphatic heterocycles. The predicted octanol–water partition coefficient (Wildman–Crippen LogP) is 2.34. The summed E-state index contributed by atoms with van der Waals surface area (Å²) in [6, 6.07) is 0.815. The van der Waals surface area contributed by atoms with Gasteiger partial charge in [0.2, 0.25) is 0 Å². The van der Waals surface area contributed by atoms with E-state index in [1.165, 1.54) is 12.8 Å². The van der Waals surface area contributed by atoms with Crippen LogP contribution in [0.5, 0.6) is 0 Å². The Hall–Kier alpha value is -0.610. The summed E-state index contributed by atoms with van der Waals surface area (Å²) in [7, 11) is 0. The minimum atomic E-state index is -0.744. The molecule has 0 radical (unpaired) electrons. The number of hydrogen-bond donors (Lipinski definition) is 2. The molecule has 2 N–H and O–H groups in total. The summed E-state index contributed by atoms with van der Waals surface area (Å²) in [6.07, 6.45) is 4.56. The standard InChI is InChI=1S/C16H30N2O2/c1-11(2)9-18(14-7-8-14)10-16(15(19)20,13-5-6-13)17-12(3)4/h11-14,17H,5-10H2,1-4H3,(H,19,20). The van der Waals surface area contributed by atoms with Gasteiger partial charge < -0.3 is 5.11 Å². The maximum atomic E-state index is 12.0. The first kappa shape index (κ1) is 15.8. The zero-order chi connectivity index (χ0) is 14.9. The Labute approximate surface area is 122 Å².